The zero-order valence-electron chi connectivity index (χ0n) is 8.69. The quantitative estimate of drug-likeness (QED) is 0.797. The van der Waals surface area contributed by atoms with Gasteiger partial charge in [0, 0.05) is 19.8 Å². The molecule has 0 saturated heterocycles. The zero-order chi connectivity index (χ0) is 10.7. The number of carboxylic acid groups (broad SMARTS) is 1. The highest BCUT2D eigenvalue weighted by Gasteiger charge is 2.12. The fourth-order valence-corrected chi connectivity index (χ4v) is 1.20. The standard InChI is InChI=1S/C11H15NO2/c1-8(11(13)14)9-4-6-10(7-5-9)12(2)3/h4-8H,1-3H3,(H,13,14)/t8-/m1/s1. The summed E-state index contributed by atoms with van der Waals surface area (Å²) in [4.78, 5) is 12.7. The van der Waals surface area contributed by atoms with Crippen LogP contribution in [0.3, 0.4) is 0 Å². The Morgan fingerprint density at radius 3 is 2.14 bits per heavy atom. The van der Waals surface area contributed by atoms with Gasteiger partial charge in [-0.05, 0) is 24.6 Å². The Hall–Kier alpha value is -1.51. The van der Waals surface area contributed by atoms with Gasteiger partial charge in [0.1, 0.15) is 0 Å². The molecule has 1 aromatic carbocycles. The Balaban J connectivity index is 2.88. The first-order valence-corrected chi connectivity index (χ1v) is 4.52. The summed E-state index contributed by atoms with van der Waals surface area (Å²) in [5, 5.41) is 8.80. The Labute approximate surface area is 84.0 Å². The Morgan fingerprint density at radius 1 is 1.29 bits per heavy atom. The summed E-state index contributed by atoms with van der Waals surface area (Å²) >= 11 is 0. The minimum absolute atomic E-state index is 0.439. The maximum absolute atomic E-state index is 10.7. The summed E-state index contributed by atoms with van der Waals surface area (Å²) in [6.45, 7) is 1.69. The molecule has 1 aromatic rings. The molecule has 0 saturated carbocycles. The number of hydrogen-bond donors (Lipinski definition) is 1. The molecule has 0 fully saturated rings. The van der Waals surface area contributed by atoms with Gasteiger partial charge in [-0.25, -0.2) is 0 Å². The van der Waals surface area contributed by atoms with Crippen LogP contribution in [-0.2, 0) is 4.79 Å². The maximum atomic E-state index is 10.7. The second kappa shape index (κ2) is 4.13. The largest absolute Gasteiger partial charge is 0.481 e. The Morgan fingerprint density at radius 2 is 1.79 bits per heavy atom. The summed E-state index contributed by atoms with van der Waals surface area (Å²) in [7, 11) is 3.91. The first-order chi connectivity index (χ1) is 6.52. The van der Waals surface area contributed by atoms with Crippen molar-refractivity contribution < 1.29 is 9.90 Å². The summed E-state index contributed by atoms with van der Waals surface area (Å²) in [6.07, 6.45) is 0. The van der Waals surface area contributed by atoms with Gasteiger partial charge >= 0.3 is 5.97 Å². The molecule has 0 aliphatic heterocycles. The third-order valence-electron chi connectivity index (χ3n) is 2.28. The highest BCUT2D eigenvalue weighted by Crippen LogP contribution is 2.19. The molecular weight excluding hydrogens is 178 g/mol. The fraction of sp³-hybridized carbons (Fsp3) is 0.364. The van der Waals surface area contributed by atoms with E-state index in [1.165, 1.54) is 0 Å². The van der Waals surface area contributed by atoms with Crippen LogP contribution in [0, 0.1) is 0 Å². The van der Waals surface area contributed by atoms with Crippen LogP contribution in [-0.4, -0.2) is 25.2 Å². The molecular formula is C11H15NO2. The molecule has 0 radical (unpaired) electrons. The molecule has 1 atom stereocenters. The molecule has 0 amide bonds. The lowest BCUT2D eigenvalue weighted by Gasteiger charge is -2.13. The Bertz CT molecular complexity index is 317. The predicted octanol–water partition coefficient (Wildman–Crippen LogP) is 1.94. The van der Waals surface area contributed by atoms with Crippen LogP contribution in [0.25, 0.3) is 0 Å². The summed E-state index contributed by atoms with van der Waals surface area (Å²) < 4.78 is 0. The minimum atomic E-state index is -0.789. The van der Waals surface area contributed by atoms with E-state index in [9.17, 15) is 4.79 Å². The molecule has 0 aliphatic carbocycles. The van der Waals surface area contributed by atoms with Gasteiger partial charge in [0.25, 0.3) is 0 Å². The first kappa shape index (κ1) is 10.6. The van der Waals surface area contributed by atoms with E-state index < -0.39 is 11.9 Å². The summed E-state index contributed by atoms with van der Waals surface area (Å²) in [5.41, 5.74) is 1.91. The van der Waals surface area contributed by atoms with Crippen LogP contribution in [0.5, 0.6) is 0 Å². The number of aliphatic carboxylic acids is 1. The van der Waals surface area contributed by atoms with E-state index in [-0.39, 0.29) is 0 Å². The van der Waals surface area contributed by atoms with E-state index in [1.54, 1.807) is 6.92 Å². The number of anilines is 1. The molecule has 0 aliphatic rings. The van der Waals surface area contributed by atoms with Crippen molar-refractivity contribution in [3.8, 4) is 0 Å². The molecule has 1 rings (SSSR count). The molecule has 3 heteroatoms. The van der Waals surface area contributed by atoms with Crippen molar-refractivity contribution in [1.82, 2.24) is 0 Å². The van der Waals surface area contributed by atoms with Crippen LogP contribution >= 0.6 is 0 Å². The van der Waals surface area contributed by atoms with Crippen LogP contribution in [0.15, 0.2) is 24.3 Å². The fourth-order valence-electron chi connectivity index (χ4n) is 1.20. The van der Waals surface area contributed by atoms with Gasteiger partial charge in [-0.3, -0.25) is 4.79 Å². The SMILES string of the molecule is C[C@@H](C(=O)O)c1ccc(N(C)C)cc1. The second-order valence-corrected chi connectivity index (χ2v) is 3.55. The third-order valence-corrected chi connectivity index (χ3v) is 2.28. The predicted molar refractivity (Wildman–Crippen MR) is 56.8 cm³/mol. The van der Waals surface area contributed by atoms with Gasteiger partial charge in [-0.1, -0.05) is 12.1 Å². The monoisotopic (exact) mass is 193 g/mol. The van der Waals surface area contributed by atoms with E-state index in [1.807, 2.05) is 43.3 Å². The van der Waals surface area contributed by atoms with Crippen LogP contribution in [0.1, 0.15) is 18.4 Å². The number of hydrogen-bond acceptors (Lipinski definition) is 2. The average molecular weight is 193 g/mol. The molecule has 0 bridgehead atoms. The van der Waals surface area contributed by atoms with Gasteiger partial charge in [-0.15, -0.1) is 0 Å². The third kappa shape index (κ3) is 2.25. The van der Waals surface area contributed by atoms with E-state index in [0.717, 1.165) is 11.3 Å². The molecule has 3 nitrogen and oxygen atoms in total. The lowest BCUT2D eigenvalue weighted by molar-refractivity contribution is -0.138. The summed E-state index contributed by atoms with van der Waals surface area (Å²) in [6, 6.07) is 7.56. The normalized spacial score (nSPS) is 12.2. The van der Waals surface area contributed by atoms with Gasteiger partial charge in [0.05, 0.1) is 5.92 Å². The van der Waals surface area contributed by atoms with Crippen molar-refractivity contribution in [3.63, 3.8) is 0 Å². The van der Waals surface area contributed by atoms with E-state index >= 15 is 0 Å². The highest BCUT2D eigenvalue weighted by molar-refractivity contribution is 5.75. The highest BCUT2D eigenvalue weighted by atomic mass is 16.4. The van der Waals surface area contributed by atoms with Crippen molar-refractivity contribution in [2.24, 2.45) is 0 Å². The van der Waals surface area contributed by atoms with Gasteiger partial charge in [-0.2, -0.15) is 0 Å². The molecule has 0 aromatic heterocycles. The maximum Gasteiger partial charge on any atom is 0.310 e. The minimum Gasteiger partial charge on any atom is -0.481 e. The van der Waals surface area contributed by atoms with Crippen molar-refractivity contribution in [2.45, 2.75) is 12.8 Å². The first-order valence-electron chi connectivity index (χ1n) is 4.52. The van der Waals surface area contributed by atoms with E-state index in [2.05, 4.69) is 0 Å². The Kier molecular flexibility index (Phi) is 3.12. The molecule has 0 spiro atoms. The van der Waals surface area contributed by atoms with Crippen molar-refractivity contribution in [1.29, 1.82) is 0 Å². The van der Waals surface area contributed by atoms with Crippen molar-refractivity contribution in [3.05, 3.63) is 29.8 Å². The van der Waals surface area contributed by atoms with Crippen LogP contribution in [0.2, 0.25) is 0 Å². The second-order valence-electron chi connectivity index (χ2n) is 3.55. The van der Waals surface area contributed by atoms with Crippen molar-refractivity contribution >= 4 is 11.7 Å². The van der Waals surface area contributed by atoms with Gasteiger partial charge in [0.2, 0.25) is 0 Å². The lowest BCUT2D eigenvalue weighted by Crippen LogP contribution is -2.10. The number of carboxylic acids is 1. The van der Waals surface area contributed by atoms with E-state index in [0.29, 0.717) is 0 Å². The van der Waals surface area contributed by atoms with Gasteiger partial charge in [0.15, 0.2) is 0 Å². The molecule has 76 valence electrons. The number of benzene rings is 1. The number of nitrogens with zero attached hydrogens (tertiary/aromatic N) is 1. The lowest BCUT2D eigenvalue weighted by atomic mass is 10.0. The van der Waals surface area contributed by atoms with Crippen LogP contribution < -0.4 is 4.90 Å². The topological polar surface area (TPSA) is 40.5 Å². The molecule has 0 unspecified atom stereocenters. The smallest absolute Gasteiger partial charge is 0.310 e. The van der Waals surface area contributed by atoms with Gasteiger partial charge < -0.3 is 10.0 Å². The average Bonchev–Trinajstić information content (AvgIpc) is 2.16. The molecule has 14 heavy (non-hydrogen) atoms. The number of carbonyl (C=O) groups is 1. The zero-order valence-corrected chi connectivity index (χ0v) is 8.69. The van der Waals surface area contributed by atoms with E-state index in [4.69, 9.17) is 5.11 Å². The van der Waals surface area contributed by atoms with Crippen LogP contribution in [0.4, 0.5) is 5.69 Å². The summed E-state index contributed by atoms with van der Waals surface area (Å²) in [5.74, 6) is -1.23. The molecule has 1 N–H and O–H groups in total. The van der Waals surface area contributed by atoms with Crippen molar-refractivity contribution in [2.75, 3.05) is 19.0 Å². The number of rotatable bonds is 3. The molecule has 0 heterocycles.